The van der Waals surface area contributed by atoms with Crippen LogP contribution in [0.4, 0.5) is 5.69 Å². The fourth-order valence-electron chi connectivity index (χ4n) is 2.09. The van der Waals surface area contributed by atoms with Gasteiger partial charge in [0, 0.05) is 31.7 Å². The highest BCUT2D eigenvalue weighted by molar-refractivity contribution is 5.94. The average molecular weight is 362 g/mol. The van der Waals surface area contributed by atoms with Crippen LogP contribution in [0, 0.1) is 0 Å². The lowest BCUT2D eigenvalue weighted by Gasteiger charge is -2.16. The van der Waals surface area contributed by atoms with Crippen LogP contribution in [-0.2, 0) is 23.9 Å². The zero-order chi connectivity index (χ0) is 19.5. The molecule has 2 amide bonds. The molecule has 0 aliphatic heterocycles. The molecule has 0 spiro atoms. The lowest BCUT2D eigenvalue weighted by atomic mass is 10.2. The van der Waals surface area contributed by atoms with E-state index < -0.39 is 17.9 Å². The Bertz CT molecular complexity index is 638. The van der Waals surface area contributed by atoms with Crippen LogP contribution in [0.1, 0.15) is 32.8 Å². The molecule has 7 nitrogen and oxygen atoms in total. The third kappa shape index (κ3) is 8.43. The van der Waals surface area contributed by atoms with Crippen LogP contribution >= 0.6 is 0 Å². The second-order valence-electron chi connectivity index (χ2n) is 5.93. The van der Waals surface area contributed by atoms with Gasteiger partial charge in [0.15, 0.2) is 0 Å². The summed E-state index contributed by atoms with van der Waals surface area (Å²) in [5.74, 6) is -1.07. The van der Waals surface area contributed by atoms with E-state index in [0.717, 1.165) is 5.56 Å². The summed E-state index contributed by atoms with van der Waals surface area (Å²) in [6, 6.07) is 6.24. The quantitative estimate of drug-likeness (QED) is 0.518. The number of hydrogen-bond donors (Lipinski definition) is 2. The number of amides is 2. The SMILES string of the molecule is COC(=O)C(CCOC(C)C)NC(=O)/C=C/c1ccc(NC(C)=O)cc1. The standard InChI is InChI=1S/C19H26N2O5/c1-13(2)26-12-11-17(19(24)25-4)21-18(23)10-7-15-5-8-16(9-6-15)20-14(3)22/h5-10,13,17H,11-12H2,1-4H3,(H,20,22)(H,21,23)/b10-7+. The van der Waals surface area contributed by atoms with Gasteiger partial charge in [-0.3, -0.25) is 9.59 Å². The highest BCUT2D eigenvalue weighted by atomic mass is 16.5. The van der Waals surface area contributed by atoms with Crippen molar-refractivity contribution < 1.29 is 23.9 Å². The number of ether oxygens (including phenoxy) is 2. The van der Waals surface area contributed by atoms with Crippen molar-refractivity contribution >= 4 is 29.5 Å². The zero-order valence-corrected chi connectivity index (χ0v) is 15.6. The molecule has 26 heavy (non-hydrogen) atoms. The van der Waals surface area contributed by atoms with Crippen molar-refractivity contribution in [2.75, 3.05) is 19.0 Å². The summed E-state index contributed by atoms with van der Waals surface area (Å²) in [5, 5.41) is 5.28. The fourth-order valence-corrected chi connectivity index (χ4v) is 2.09. The first-order valence-corrected chi connectivity index (χ1v) is 8.37. The van der Waals surface area contributed by atoms with Crippen molar-refractivity contribution in [3.63, 3.8) is 0 Å². The second kappa shape index (κ2) is 11.0. The topological polar surface area (TPSA) is 93.7 Å². The van der Waals surface area contributed by atoms with Gasteiger partial charge in [0.1, 0.15) is 6.04 Å². The molecule has 1 unspecified atom stereocenters. The van der Waals surface area contributed by atoms with E-state index in [9.17, 15) is 14.4 Å². The molecule has 0 saturated carbocycles. The Morgan fingerprint density at radius 2 is 1.81 bits per heavy atom. The molecule has 0 aromatic heterocycles. The molecular weight excluding hydrogens is 336 g/mol. The van der Waals surface area contributed by atoms with Gasteiger partial charge in [0.2, 0.25) is 11.8 Å². The molecule has 1 aromatic rings. The number of carbonyl (C=O) groups excluding carboxylic acids is 3. The zero-order valence-electron chi connectivity index (χ0n) is 15.6. The number of methoxy groups -OCH3 is 1. The van der Waals surface area contributed by atoms with E-state index in [1.54, 1.807) is 30.3 Å². The predicted molar refractivity (Wildman–Crippen MR) is 99.4 cm³/mol. The van der Waals surface area contributed by atoms with Gasteiger partial charge in [-0.1, -0.05) is 12.1 Å². The van der Waals surface area contributed by atoms with E-state index in [-0.39, 0.29) is 12.0 Å². The maximum atomic E-state index is 12.1. The van der Waals surface area contributed by atoms with Gasteiger partial charge in [-0.15, -0.1) is 0 Å². The van der Waals surface area contributed by atoms with E-state index in [4.69, 9.17) is 9.47 Å². The first kappa shape index (κ1) is 21.4. The maximum Gasteiger partial charge on any atom is 0.328 e. The summed E-state index contributed by atoms with van der Waals surface area (Å²) >= 11 is 0. The van der Waals surface area contributed by atoms with Crippen LogP contribution < -0.4 is 10.6 Å². The maximum absolute atomic E-state index is 12.1. The van der Waals surface area contributed by atoms with Crippen LogP contribution in [-0.4, -0.2) is 43.6 Å². The summed E-state index contributed by atoms with van der Waals surface area (Å²) < 4.78 is 10.1. The number of benzene rings is 1. The Balaban J connectivity index is 2.61. The van der Waals surface area contributed by atoms with Crippen molar-refractivity contribution in [1.29, 1.82) is 0 Å². The van der Waals surface area contributed by atoms with Gasteiger partial charge in [-0.2, -0.15) is 0 Å². The Labute approximate surface area is 153 Å². The number of carbonyl (C=O) groups is 3. The molecule has 1 atom stereocenters. The highest BCUT2D eigenvalue weighted by Gasteiger charge is 2.20. The van der Waals surface area contributed by atoms with Crippen LogP contribution in [0.2, 0.25) is 0 Å². The van der Waals surface area contributed by atoms with E-state index >= 15 is 0 Å². The van der Waals surface area contributed by atoms with Gasteiger partial charge in [0.05, 0.1) is 13.2 Å². The number of rotatable bonds is 9. The Morgan fingerprint density at radius 1 is 1.15 bits per heavy atom. The van der Waals surface area contributed by atoms with Gasteiger partial charge in [0.25, 0.3) is 0 Å². The number of esters is 1. The monoisotopic (exact) mass is 362 g/mol. The van der Waals surface area contributed by atoms with Crippen molar-refractivity contribution in [1.82, 2.24) is 5.32 Å². The minimum atomic E-state index is -0.766. The Morgan fingerprint density at radius 3 is 2.35 bits per heavy atom. The fraction of sp³-hybridized carbons (Fsp3) is 0.421. The molecular formula is C19H26N2O5. The first-order chi connectivity index (χ1) is 12.3. The van der Waals surface area contributed by atoms with Gasteiger partial charge in [-0.05, 0) is 37.6 Å². The third-order valence-electron chi connectivity index (χ3n) is 3.32. The molecule has 1 aromatic carbocycles. The lowest BCUT2D eigenvalue weighted by molar-refractivity contribution is -0.145. The molecule has 1 rings (SSSR count). The summed E-state index contributed by atoms with van der Waals surface area (Å²) in [6.45, 7) is 5.56. The molecule has 0 aliphatic rings. The highest BCUT2D eigenvalue weighted by Crippen LogP contribution is 2.10. The molecule has 142 valence electrons. The van der Waals surface area contributed by atoms with E-state index in [1.807, 2.05) is 13.8 Å². The van der Waals surface area contributed by atoms with E-state index in [0.29, 0.717) is 18.7 Å². The number of hydrogen-bond acceptors (Lipinski definition) is 5. The molecule has 0 radical (unpaired) electrons. The van der Waals surface area contributed by atoms with Gasteiger partial charge in [-0.25, -0.2) is 4.79 Å². The Kier molecular flexibility index (Phi) is 9.08. The van der Waals surface area contributed by atoms with Crippen LogP contribution in [0.25, 0.3) is 6.08 Å². The van der Waals surface area contributed by atoms with E-state index in [2.05, 4.69) is 10.6 Å². The summed E-state index contributed by atoms with van der Waals surface area (Å²) in [5.41, 5.74) is 1.46. The largest absolute Gasteiger partial charge is 0.467 e. The number of anilines is 1. The minimum absolute atomic E-state index is 0.0457. The van der Waals surface area contributed by atoms with Crippen molar-refractivity contribution in [2.24, 2.45) is 0 Å². The minimum Gasteiger partial charge on any atom is -0.467 e. The third-order valence-corrected chi connectivity index (χ3v) is 3.32. The Hall–Kier alpha value is -2.67. The molecule has 0 heterocycles. The summed E-state index contributed by atoms with van der Waals surface area (Å²) in [4.78, 5) is 34.8. The van der Waals surface area contributed by atoms with Crippen LogP contribution in [0.5, 0.6) is 0 Å². The molecule has 7 heteroatoms. The van der Waals surface area contributed by atoms with Crippen molar-refractivity contribution in [3.8, 4) is 0 Å². The van der Waals surface area contributed by atoms with E-state index in [1.165, 1.54) is 20.1 Å². The molecule has 0 bridgehead atoms. The van der Waals surface area contributed by atoms with Crippen LogP contribution in [0.15, 0.2) is 30.3 Å². The second-order valence-corrected chi connectivity index (χ2v) is 5.93. The average Bonchev–Trinajstić information content (AvgIpc) is 2.58. The number of nitrogens with one attached hydrogen (secondary N) is 2. The first-order valence-electron chi connectivity index (χ1n) is 8.37. The molecule has 2 N–H and O–H groups in total. The normalized spacial score (nSPS) is 12.0. The smallest absolute Gasteiger partial charge is 0.328 e. The molecule has 0 saturated heterocycles. The van der Waals surface area contributed by atoms with Crippen molar-refractivity contribution in [3.05, 3.63) is 35.9 Å². The van der Waals surface area contributed by atoms with Crippen molar-refractivity contribution in [2.45, 2.75) is 39.3 Å². The van der Waals surface area contributed by atoms with Gasteiger partial charge < -0.3 is 20.1 Å². The molecule has 0 fully saturated rings. The lowest BCUT2D eigenvalue weighted by Crippen LogP contribution is -2.41. The summed E-state index contributed by atoms with van der Waals surface area (Å²) in [6.07, 6.45) is 3.33. The van der Waals surface area contributed by atoms with Gasteiger partial charge >= 0.3 is 5.97 Å². The molecule has 0 aliphatic carbocycles. The summed E-state index contributed by atoms with van der Waals surface area (Å²) in [7, 11) is 1.28. The van der Waals surface area contributed by atoms with Crippen LogP contribution in [0.3, 0.4) is 0 Å². The predicted octanol–water partition coefficient (Wildman–Crippen LogP) is 2.13.